The molecule has 1 aliphatic heterocycles. The molecule has 4 nitrogen and oxygen atoms in total. The number of hydrogen-bond acceptors (Lipinski definition) is 5. The number of ether oxygens (including phenoxy) is 1. The molecule has 0 aromatic heterocycles. The second kappa shape index (κ2) is 7.07. The molecule has 1 aromatic carbocycles. The van der Waals surface area contributed by atoms with Crippen molar-refractivity contribution in [3.05, 3.63) is 40.3 Å². The van der Waals surface area contributed by atoms with Gasteiger partial charge in [0.2, 0.25) is 0 Å². The number of thioether (sulfide) groups is 1. The van der Waals surface area contributed by atoms with Crippen molar-refractivity contribution in [2.75, 3.05) is 13.7 Å². The van der Waals surface area contributed by atoms with E-state index in [-0.39, 0.29) is 12.5 Å². The maximum absolute atomic E-state index is 12.3. The number of carbonyl (C=O) groups is 2. The first kappa shape index (κ1) is 16.7. The Morgan fingerprint density at radius 2 is 2.00 bits per heavy atom. The number of rotatable bonds is 4. The van der Waals surface area contributed by atoms with Crippen molar-refractivity contribution in [2.45, 2.75) is 19.8 Å². The molecule has 1 aliphatic rings. The molecule has 1 heterocycles. The summed E-state index contributed by atoms with van der Waals surface area (Å²) in [7, 11) is 1.28. The van der Waals surface area contributed by atoms with E-state index in [4.69, 9.17) is 12.2 Å². The van der Waals surface area contributed by atoms with E-state index in [0.29, 0.717) is 15.1 Å². The van der Waals surface area contributed by atoms with Gasteiger partial charge in [-0.15, -0.1) is 0 Å². The van der Waals surface area contributed by atoms with Gasteiger partial charge in [0.25, 0.3) is 5.91 Å². The number of thiocarbonyl (C=S) groups is 1. The molecule has 1 amide bonds. The summed E-state index contributed by atoms with van der Waals surface area (Å²) in [6, 6.07) is 8.04. The fourth-order valence-corrected chi connectivity index (χ4v) is 3.21. The van der Waals surface area contributed by atoms with Gasteiger partial charge in [0.15, 0.2) is 0 Å². The molecule has 0 atom stereocenters. The molecule has 116 valence electrons. The van der Waals surface area contributed by atoms with Gasteiger partial charge in [-0.2, -0.15) is 0 Å². The number of carbonyl (C=O) groups excluding carboxylic acids is 2. The smallest absolute Gasteiger partial charge is 0.325 e. The van der Waals surface area contributed by atoms with E-state index < -0.39 is 5.97 Å². The van der Waals surface area contributed by atoms with Crippen LogP contribution in [0.2, 0.25) is 0 Å². The Balaban J connectivity index is 2.17. The molecule has 6 heteroatoms. The number of amides is 1. The third-order valence-electron chi connectivity index (χ3n) is 3.29. The van der Waals surface area contributed by atoms with Gasteiger partial charge in [-0.25, -0.2) is 0 Å². The third-order valence-corrected chi connectivity index (χ3v) is 4.67. The minimum absolute atomic E-state index is 0.148. The van der Waals surface area contributed by atoms with Crippen LogP contribution in [0.25, 0.3) is 6.08 Å². The lowest BCUT2D eigenvalue weighted by molar-refractivity contribution is -0.143. The Bertz CT molecular complexity index is 635. The van der Waals surface area contributed by atoms with Crippen LogP contribution in [-0.4, -0.2) is 34.8 Å². The third kappa shape index (κ3) is 3.75. The average Bonchev–Trinajstić information content (AvgIpc) is 2.75. The summed E-state index contributed by atoms with van der Waals surface area (Å²) >= 11 is 6.35. The molecule has 0 N–H and O–H groups in total. The van der Waals surface area contributed by atoms with Crippen LogP contribution in [0.4, 0.5) is 0 Å². The molecule has 0 radical (unpaired) electrons. The highest BCUT2D eigenvalue weighted by molar-refractivity contribution is 8.26. The van der Waals surface area contributed by atoms with E-state index in [1.165, 1.54) is 29.3 Å². The van der Waals surface area contributed by atoms with Crippen LogP contribution >= 0.6 is 24.0 Å². The molecule has 1 fully saturated rings. The fourth-order valence-electron chi connectivity index (χ4n) is 1.96. The van der Waals surface area contributed by atoms with Gasteiger partial charge in [-0.1, -0.05) is 62.1 Å². The lowest BCUT2D eigenvalue weighted by atomic mass is 10.0. The first-order valence-corrected chi connectivity index (χ1v) is 8.07. The number of nitrogens with zero attached hydrogens (tertiary/aromatic N) is 1. The van der Waals surface area contributed by atoms with Crippen LogP contribution in [0.1, 0.15) is 30.9 Å². The van der Waals surface area contributed by atoms with Crippen molar-refractivity contribution in [2.24, 2.45) is 0 Å². The van der Waals surface area contributed by atoms with E-state index >= 15 is 0 Å². The van der Waals surface area contributed by atoms with Gasteiger partial charge < -0.3 is 4.74 Å². The highest BCUT2D eigenvalue weighted by Crippen LogP contribution is 2.32. The highest BCUT2D eigenvalue weighted by atomic mass is 32.2. The normalized spacial score (nSPS) is 16.7. The largest absolute Gasteiger partial charge is 0.468 e. The SMILES string of the molecule is COC(=O)CN1C(=O)/C(=C\c2ccc(C(C)C)cc2)SC1=S. The second-order valence-electron chi connectivity index (χ2n) is 5.17. The fraction of sp³-hybridized carbons (Fsp3) is 0.312. The monoisotopic (exact) mass is 335 g/mol. The number of hydrogen-bond donors (Lipinski definition) is 0. The summed E-state index contributed by atoms with van der Waals surface area (Å²) in [4.78, 5) is 25.4. The molecule has 0 saturated carbocycles. The van der Waals surface area contributed by atoms with Gasteiger partial charge >= 0.3 is 5.97 Å². The zero-order valence-corrected chi connectivity index (χ0v) is 14.3. The summed E-state index contributed by atoms with van der Waals surface area (Å²) in [6.45, 7) is 4.12. The second-order valence-corrected chi connectivity index (χ2v) is 6.84. The first-order valence-electron chi connectivity index (χ1n) is 6.84. The lowest BCUT2D eigenvalue weighted by Gasteiger charge is -2.11. The average molecular weight is 335 g/mol. The Morgan fingerprint density at radius 1 is 1.36 bits per heavy atom. The Hall–Kier alpha value is -1.66. The van der Waals surface area contributed by atoms with Crippen LogP contribution in [0.15, 0.2) is 29.2 Å². The van der Waals surface area contributed by atoms with Gasteiger partial charge in [0.1, 0.15) is 10.9 Å². The predicted molar refractivity (Wildman–Crippen MR) is 92.4 cm³/mol. The zero-order chi connectivity index (χ0) is 16.3. The number of esters is 1. The molecule has 0 bridgehead atoms. The Kier molecular flexibility index (Phi) is 5.37. The van der Waals surface area contributed by atoms with Crippen molar-refractivity contribution in [1.82, 2.24) is 4.90 Å². The van der Waals surface area contributed by atoms with E-state index in [0.717, 1.165) is 5.56 Å². The molecule has 1 saturated heterocycles. The van der Waals surface area contributed by atoms with Crippen LogP contribution in [0, 0.1) is 0 Å². The van der Waals surface area contributed by atoms with Crippen molar-refractivity contribution < 1.29 is 14.3 Å². The van der Waals surface area contributed by atoms with E-state index in [9.17, 15) is 9.59 Å². The van der Waals surface area contributed by atoms with Crippen LogP contribution in [-0.2, 0) is 14.3 Å². The lowest BCUT2D eigenvalue weighted by Crippen LogP contribution is -2.33. The quantitative estimate of drug-likeness (QED) is 0.480. The zero-order valence-electron chi connectivity index (χ0n) is 12.7. The van der Waals surface area contributed by atoms with Crippen LogP contribution < -0.4 is 0 Å². The maximum atomic E-state index is 12.3. The molecular formula is C16H17NO3S2. The van der Waals surface area contributed by atoms with E-state index in [2.05, 4.69) is 18.6 Å². The number of methoxy groups -OCH3 is 1. The Labute approximate surface area is 139 Å². The predicted octanol–water partition coefficient (Wildman–Crippen LogP) is 3.18. The summed E-state index contributed by atoms with van der Waals surface area (Å²) in [5, 5.41) is 0. The summed E-state index contributed by atoms with van der Waals surface area (Å²) < 4.78 is 4.95. The van der Waals surface area contributed by atoms with Gasteiger partial charge in [-0.05, 0) is 23.1 Å². The van der Waals surface area contributed by atoms with E-state index in [1.807, 2.05) is 24.3 Å². The minimum atomic E-state index is -0.487. The first-order chi connectivity index (χ1) is 10.4. The van der Waals surface area contributed by atoms with Crippen molar-refractivity contribution in [1.29, 1.82) is 0 Å². The molecule has 0 aliphatic carbocycles. The van der Waals surface area contributed by atoms with Gasteiger partial charge in [0, 0.05) is 0 Å². The van der Waals surface area contributed by atoms with Crippen molar-refractivity contribution >= 4 is 46.3 Å². The van der Waals surface area contributed by atoms with Crippen LogP contribution in [0.5, 0.6) is 0 Å². The maximum Gasteiger partial charge on any atom is 0.325 e. The molecule has 22 heavy (non-hydrogen) atoms. The number of benzene rings is 1. The molecule has 1 aromatic rings. The van der Waals surface area contributed by atoms with Crippen molar-refractivity contribution in [3.63, 3.8) is 0 Å². The Morgan fingerprint density at radius 3 is 2.55 bits per heavy atom. The van der Waals surface area contributed by atoms with Gasteiger partial charge in [-0.3, -0.25) is 14.5 Å². The van der Waals surface area contributed by atoms with Crippen LogP contribution in [0.3, 0.4) is 0 Å². The molecule has 0 unspecified atom stereocenters. The molecule has 0 spiro atoms. The van der Waals surface area contributed by atoms with Crippen molar-refractivity contribution in [3.8, 4) is 0 Å². The highest BCUT2D eigenvalue weighted by Gasteiger charge is 2.33. The standard InChI is InChI=1S/C16H17NO3S2/c1-10(2)12-6-4-11(5-7-12)8-13-15(19)17(16(21)22-13)9-14(18)20-3/h4-8,10H,9H2,1-3H3/b13-8+. The molecule has 2 rings (SSSR count). The summed E-state index contributed by atoms with van der Waals surface area (Å²) in [6.07, 6.45) is 1.79. The minimum Gasteiger partial charge on any atom is -0.468 e. The topological polar surface area (TPSA) is 46.6 Å². The van der Waals surface area contributed by atoms with E-state index in [1.54, 1.807) is 6.08 Å². The molecular weight excluding hydrogens is 318 g/mol. The summed E-state index contributed by atoms with van der Waals surface area (Å²) in [5.74, 6) is -0.278. The van der Waals surface area contributed by atoms with Gasteiger partial charge in [0.05, 0.1) is 12.0 Å². The summed E-state index contributed by atoms with van der Waals surface area (Å²) in [5.41, 5.74) is 2.18.